The van der Waals surface area contributed by atoms with Gasteiger partial charge in [-0.25, -0.2) is 4.39 Å². The molecular weight excluding hydrogens is 239 g/mol. The molecular formula is C16H27FN2. The van der Waals surface area contributed by atoms with Crippen molar-refractivity contribution in [2.24, 2.45) is 0 Å². The van der Waals surface area contributed by atoms with E-state index in [9.17, 15) is 4.39 Å². The average molecular weight is 266 g/mol. The predicted molar refractivity (Wildman–Crippen MR) is 81.3 cm³/mol. The van der Waals surface area contributed by atoms with Crippen LogP contribution >= 0.6 is 0 Å². The first-order chi connectivity index (χ1) is 8.83. The van der Waals surface area contributed by atoms with Gasteiger partial charge in [-0.2, -0.15) is 0 Å². The SMILES string of the molecule is CCNC(C)c1ccc(N(C)C(C)(C)CC)c(F)c1. The predicted octanol–water partition coefficient (Wildman–Crippen LogP) is 4.12. The van der Waals surface area contributed by atoms with Crippen molar-refractivity contribution >= 4 is 5.69 Å². The smallest absolute Gasteiger partial charge is 0.146 e. The van der Waals surface area contributed by atoms with E-state index in [1.54, 1.807) is 6.07 Å². The van der Waals surface area contributed by atoms with Gasteiger partial charge in [0, 0.05) is 18.6 Å². The van der Waals surface area contributed by atoms with E-state index in [-0.39, 0.29) is 17.4 Å². The second-order valence-electron chi connectivity index (χ2n) is 5.72. The van der Waals surface area contributed by atoms with Crippen LogP contribution in [-0.2, 0) is 0 Å². The number of nitrogens with zero attached hydrogens (tertiary/aromatic N) is 1. The maximum atomic E-state index is 14.3. The lowest BCUT2D eigenvalue weighted by Crippen LogP contribution is -2.41. The highest BCUT2D eigenvalue weighted by Gasteiger charge is 2.23. The van der Waals surface area contributed by atoms with Crippen LogP contribution < -0.4 is 10.2 Å². The molecule has 1 rings (SSSR count). The molecule has 0 amide bonds. The lowest BCUT2D eigenvalue weighted by atomic mass is 9.98. The number of anilines is 1. The van der Waals surface area contributed by atoms with Crippen molar-refractivity contribution in [2.75, 3.05) is 18.5 Å². The molecule has 2 nitrogen and oxygen atoms in total. The zero-order chi connectivity index (χ0) is 14.6. The highest BCUT2D eigenvalue weighted by Crippen LogP contribution is 2.29. The third-order valence-electron chi connectivity index (χ3n) is 4.12. The van der Waals surface area contributed by atoms with Crippen LogP contribution in [0, 0.1) is 5.82 Å². The van der Waals surface area contributed by atoms with E-state index in [4.69, 9.17) is 0 Å². The van der Waals surface area contributed by atoms with Gasteiger partial charge in [-0.3, -0.25) is 0 Å². The number of hydrogen-bond donors (Lipinski definition) is 1. The monoisotopic (exact) mass is 266 g/mol. The Morgan fingerprint density at radius 2 is 1.95 bits per heavy atom. The molecule has 0 aliphatic heterocycles. The van der Waals surface area contributed by atoms with Crippen molar-refractivity contribution in [3.05, 3.63) is 29.6 Å². The molecule has 0 spiro atoms. The van der Waals surface area contributed by atoms with Gasteiger partial charge in [0.15, 0.2) is 0 Å². The first-order valence-corrected chi connectivity index (χ1v) is 7.10. The summed E-state index contributed by atoms with van der Waals surface area (Å²) in [5.41, 5.74) is 1.61. The van der Waals surface area contributed by atoms with Crippen LogP contribution in [0.2, 0.25) is 0 Å². The van der Waals surface area contributed by atoms with E-state index in [0.29, 0.717) is 5.69 Å². The fraction of sp³-hybridized carbons (Fsp3) is 0.625. The Morgan fingerprint density at radius 3 is 2.42 bits per heavy atom. The summed E-state index contributed by atoms with van der Waals surface area (Å²) in [5.74, 6) is -0.147. The van der Waals surface area contributed by atoms with E-state index in [0.717, 1.165) is 18.5 Å². The van der Waals surface area contributed by atoms with Gasteiger partial charge in [0.05, 0.1) is 5.69 Å². The van der Waals surface area contributed by atoms with Crippen LogP contribution in [-0.4, -0.2) is 19.1 Å². The van der Waals surface area contributed by atoms with Gasteiger partial charge in [0.2, 0.25) is 0 Å². The summed E-state index contributed by atoms with van der Waals surface area (Å²) in [6.07, 6.45) is 0.971. The van der Waals surface area contributed by atoms with Crippen LogP contribution in [0.4, 0.5) is 10.1 Å². The largest absolute Gasteiger partial charge is 0.367 e. The summed E-state index contributed by atoms with van der Waals surface area (Å²) in [7, 11) is 1.95. The standard InChI is InChI=1S/C16H27FN2/c1-7-16(4,5)19(6)15-10-9-13(11-14(15)17)12(3)18-8-2/h9-12,18H,7-8H2,1-6H3. The summed E-state index contributed by atoms with van der Waals surface area (Å²) >= 11 is 0. The Kier molecular flexibility index (Phi) is 5.36. The highest BCUT2D eigenvalue weighted by atomic mass is 19.1. The molecule has 0 heterocycles. The fourth-order valence-electron chi connectivity index (χ4n) is 2.05. The molecule has 0 aliphatic rings. The molecule has 1 atom stereocenters. The average Bonchev–Trinajstić information content (AvgIpc) is 2.38. The van der Waals surface area contributed by atoms with Gasteiger partial charge < -0.3 is 10.2 Å². The molecule has 0 bridgehead atoms. The normalized spacial score (nSPS) is 13.4. The van der Waals surface area contributed by atoms with Crippen molar-refractivity contribution in [3.63, 3.8) is 0 Å². The van der Waals surface area contributed by atoms with Gasteiger partial charge in [-0.05, 0) is 51.4 Å². The molecule has 1 unspecified atom stereocenters. The maximum absolute atomic E-state index is 14.3. The topological polar surface area (TPSA) is 15.3 Å². The molecule has 0 aromatic heterocycles. The summed E-state index contributed by atoms with van der Waals surface area (Å²) in [6.45, 7) is 11.4. The fourth-order valence-corrected chi connectivity index (χ4v) is 2.05. The second kappa shape index (κ2) is 6.38. The van der Waals surface area contributed by atoms with Crippen molar-refractivity contribution in [1.82, 2.24) is 5.32 Å². The first-order valence-electron chi connectivity index (χ1n) is 7.10. The summed E-state index contributed by atoms with van der Waals surface area (Å²) in [6, 6.07) is 5.72. The minimum absolute atomic E-state index is 0.0460. The third kappa shape index (κ3) is 3.69. The van der Waals surface area contributed by atoms with Crippen LogP contribution in [0.3, 0.4) is 0 Å². The number of nitrogens with one attached hydrogen (secondary N) is 1. The number of rotatable bonds is 6. The third-order valence-corrected chi connectivity index (χ3v) is 4.12. The zero-order valence-corrected chi connectivity index (χ0v) is 13.0. The van der Waals surface area contributed by atoms with Gasteiger partial charge in [0.1, 0.15) is 5.82 Å². The van der Waals surface area contributed by atoms with Gasteiger partial charge in [-0.1, -0.05) is 19.9 Å². The summed E-state index contributed by atoms with van der Waals surface area (Å²) in [4.78, 5) is 2.02. The van der Waals surface area contributed by atoms with Crippen molar-refractivity contribution in [3.8, 4) is 0 Å². The molecule has 0 aliphatic carbocycles. The van der Waals surface area contributed by atoms with Gasteiger partial charge >= 0.3 is 0 Å². The first kappa shape index (κ1) is 16.0. The Balaban J connectivity index is 3.01. The maximum Gasteiger partial charge on any atom is 0.146 e. The molecule has 1 N–H and O–H groups in total. The highest BCUT2D eigenvalue weighted by molar-refractivity contribution is 5.51. The molecule has 1 aromatic rings. The molecule has 108 valence electrons. The Labute approximate surface area is 117 Å². The number of halogens is 1. The van der Waals surface area contributed by atoms with Crippen LogP contribution in [0.5, 0.6) is 0 Å². The van der Waals surface area contributed by atoms with E-state index in [2.05, 4.69) is 39.9 Å². The van der Waals surface area contributed by atoms with Crippen molar-refractivity contribution in [2.45, 2.75) is 52.6 Å². The van der Waals surface area contributed by atoms with E-state index in [1.165, 1.54) is 0 Å². The second-order valence-corrected chi connectivity index (χ2v) is 5.72. The lowest BCUT2D eigenvalue weighted by Gasteiger charge is -2.37. The van der Waals surface area contributed by atoms with Crippen LogP contribution in [0.25, 0.3) is 0 Å². The molecule has 0 radical (unpaired) electrons. The minimum atomic E-state index is -0.147. The molecule has 0 fully saturated rings. The minimum Gasteiger partial charge on any atom is -0.367 e. The van der Waals surface area contributed by atoms with Gasteiger partial charge in [-0.15, -0.1) is 0 Å². The van der Waals surface area contributed by atoms with Crippen LogP contribution in [0.1, 0.15) is 52.6 Å². The molecule has 19 heavy (non-hydrogen) atoms. The Morgan fingerprint density at radius 1 is 1.32 bits per heavy atom. The number of benzene rings is 1. The Hall–Kier alpha value is -1.09. The lowest BCUT2D eigenvalue weighted by molar-refractivity contribution is 0.462. The zero-order valence-electron chi connectivity index (χ0n) is 13.0. The van der Waals surface area contributed by atoms with Crippen LogP contribution in [0.15, 0.2) is 18.2 Å². The molecule has 0 saturated heterocycles. The van der Waals surface area contributed by atoms with Gasteiger partial charge in [0.25, 0.3) is 0 Å². The van der Waals surface area contributed by atoms with Crippen molar-refractivity contribution in [1.29, 1.82) is 0 Å². The number of hydrogen-bond acceptors (Lipinski definition) is 2. The summed E-state index contributed by atoms with van der Waals surface area (Å²) < 4.78 is 14.3. The van der Waals surface area contributed by atoms with E-state index < -0.39 is 0 Å². The molecule has 0 saturated carbocycles. The quantitative estimate of drug-likeness (QED) is 0.833. The summed E-state index contributed by atoms with van der Waals surface area (Å²) in [5, 5.41) is 3.30. The van der Waals surface area contributed by atoms with E-state index in [1.807, 2.05) is 24.1 Å². The molecule has 3 heteroatoms. The van der Waals surface area contributed by atoms with E-state index >= 15 is 0 Å². The Bertz CT molecular complexity index is 415. The van der Waals surface area contributed by atoms with Crippen molar-refractivity contribution < 1.29 is 4.39 Å². The molecule has 1 aromatic carbocycles.